The molecule has 0 aromatic carbocycles. The van der Waals surface area contributed by atoms with Gasteiger partial charge in [-0.2, -0.15) is 0 Å². The van der Waals surface area contributed by atoms with Crippen LogP contribution in [0, 0.1) is 11.8 Å². The van der Waals surface area contributed by atoms with Crippen LogP contribution in [-0.2, 0) is 0 Å². The Labute approximate surface area is 43.2 Å². The third kappa shape index (κ3) is 0.170. The van der Waals surface area contributed by atoms with Crippen LogP contribution in [0.15, 0.2) is 11.1 Å². The molecule has 4 aliphatic rings. The van der Waals surface area contributed by atoms with Crippen molar-refractivity contribution in [3.8, 4) is 0 Å². The van der Waals surface area contributed by atoms with Crippen LogP contribution < -0.4 is 0 Å². The molecule has 0 heterocycles. The maximum Gasteiger partial charge on any atom is -0.0128 e. The van der Waals surface area contributed by atoms with Crippen molar-refractivity contribution in [1.82, 2.24) is 0 Å². The summed E-state index contributed by atoms with van der Waals surface area (Å²) >= 11 is 0. The number of hydrogen-bond donors (Lipinski definition) is 0. The molecule has 0 saturated heterocycles. The summed E-state index contributed by atoms with van der Waals surface area (Å²) in [6, 6.07) is 0. The van der Waals surface area contributed by atoms with Crippen molar-refractivity contribution in [2.45, 2.75) is 19.3 Å². The monoisotopic (exact) mass is 92.1 g/mol. The zero-order valence-corrected chi connectivity index (χ0v) is 4.28. The van der Waals surface area contributed by atoms with Gasteiger partial charge in [0.05, 0.1) is 0 Å². The van der Waals surface area contributed by atoms with Gasteiger partial charge in [0.15, 0.2) is 0 Å². The highest BCUT2D eigenvalue weighted by atomic mass is 14.6. The van der Waals surface area contributed by atoms with Gasteiger partial charge in [-0.1, -0.05) is 11.1 Å². The largest absolute Gasteiger partial charge is 0.0701 e. The lowest BCUT2D eigenvalue weighted by Crippen LogP contribution is -2.10. The highest BCUT2D eigenvalue weighted by molar-refractivity contribution is 5.44. The molecule has 0 aromatic rings. The highest BCUT2D eigenvalue weighted by Crippen LogP contribution is 2.64. The molecule has 2 fully saturated rings. The Morgan fingerprint density at radius 1 is 1.14 bits per heavy atom. The SMILES string of the molecule is C1C2=C3C[C@H]3C1C2. The molecule has 0 N–H and O–H groups in total. The van der Waals surface area contributed by atoms with Gasteiger partial charge in [-0.05, 0) is 31.1 Å². The summed E-state index contributed by atoms with van der Waals surface area (Å²) in [5.74, 6) is 2.29. The summed E-state index contributed by atoms with van der Waals surface area (Å²) in [6.45, 7) is 0. The van der Waals surface area contributed by atoms with E-state index in [0.717, 1.165) is 11.8 Å². The average Bonchev–Trinajstić information content (AvgIpc) is 2.10. The summed E-state index contributed by atoms with van der Waals surface area (Å²) in [4.78, 5) is 0. The van der Waals surface area contributed by atoms with E-state index in [1.807, 2.05) is 11.1 Å². The van der Waals surface area contributed by atoms with Crippen LogP contribution in [0.4, 0.5) is 0 Å². The second kappa shape index (κ2) is 0.594. The highest BCUT2D eigenvalue weighted by Gasteiger charge is 2.52. The van der Waals surface area contributed by atoms with Crippen LogP contribution >= 0.6 is 0 Å². The summed E-state index contributed by atoms with van der Waals surface area (Å²) in [6.07, 6.45) is 4.50. The Kier molecular flexibility index (Phi) is 0.247. The molecule has 2 saturated carbocycles. The zero-order chi connectivity index (χ0) is 4.43. The van der Waals surface area contributed by atoms with E-state index in [-0.39, 0.29) is 0 Å². The summed E-state index contributed by atoms with van der Waals surface area (Å²) in [5.41, 5.74) is 3.71. The van der Waals surface area contributed by atoms with E-state index < -0.39 is 0 Å². The Morgan fingerprint density at radius 3 is 2.14 bits per heavy atom. The second-order valence-electron chi connectivity index (χ2n) is 3.11. The molecule has 4 rings (SSSR count). The standard InChI is InChI=1S/C7H8/c1-4-2-5(1)7-3-6(4)7/h4,6H,1-3H2/t6-/m0/s1. The van der Waals surface area contributed by atoms with Gasteiger partial charge in [0, 0.05) is 0 Å². The van der Waals surface area contributed by atoms with Crippen molar-refractivity contribution in [3.05, 3.63) is 11.1 Å². The maximum absolute atomic E-state index is 1.87. The number of hydrogen-bond acceptors (Lipinski definition) is 0. The molecule has 0 aliphatic heterocycles. The lowest BCUT2D eigenvalue weighted by Gasteiger charge is -2.22. The Hall–Kier alpha value is -0.260. The minimum Gasteiger partial charge on any atom is -0.0701 e. The van der Waals surface area contributed by atoms with Gasteiger partial charge in [-0.25, -0.2) is 0 Å². The number of allylic oxidation sites excluding steroid dienone is 2. The molecule has 0 aromatic heterocycles. The Balaban J connectivity index is 2.32. The van der Waals surface area contributed by atoms with Gasteiger partial charge in [-0.15, -0.1) is 0 Å². The van der Waals surface area contributed by atoms with Crippen LogP contribution in [0.3, 0.4) is 0 Å². The fourth-order valence-corrected chi connectivity index (χ4v) is 2.16. The molecule has 0 spiro atoms. The topological polar surface area (TPSA) is 0 Å². The Bertz CT molecular complexity index is 157. The van der Waals surface area contributed by atoms with E-state index in [0.29, 0.717) is 0 Å². The number of rotatable bonds is 0. The summed E-state index contributed by atoms with van der Waals surface area (Å²) in [7, 11) is 0. The first-order chi connectivity index (χ1) is 3.45. The first-order valence-electron chi connectivity index (χ1n) is 3.16. The predicted octanol–water partition coefficient (Wildman–Crippen LogP) is 1.73. The fraction of sp³-hybridized carbons (Fsp3) is 0.714. The maximum atomic E-state index is 1.87. The Morgan fingerprint density at radius 2 is 2.00 bits per heavy atom. The minimum atomic E-state index is 1.13. The van der Waals surface area contributed by atoms with E-state index in [1.54, 1.807) is 0 Å². The van der Waals surface area contributed by atoms with E-state index >= 15 is 0 Å². The predicted molar refractivity (Wildman–Crippen MR) is 27.9 cm³/mol. The molecule has 0 amide bonds. The molecule has 0 heteroatoms. The quantitative estimate of drug-likeness (QED) is 0.399. The van der Waals surface area contributed by atoms with Crippen molar-refractivity contribution >= 4 is 0 Å². The van der Waals surface area contributed by atoms with Crippen LogP contribution in [0.2, 0.25) is 0 Å². The van der Waals surface area contributed by atoms with Gasteiger partial charge in [0.1, 0.15) is 0 Å². The smallest absolute Gasteiger partial charge is 0.0128 e. The van der Waals surface area contributed by atoms with Crippen molar-refractivity contribution in [2.24, 2.45) is 11.8 Å². The zero-order valence-electron chi connectivity index (χ0n) is 4.28. The van der Waals surface area contributed by atoms with Gasteiger partial charge < -0.3 is 0 Å². The summed E-state index contributed by atoms with van der Waals surface area (Å²) in [5, 5.41) is 0. The molecular formula is C7H8. The fourth-order valence-electron chi connectivity index (χ4n) is 2.16. The molecule has 4 aliphatic carbocycles. The van der Waals surface area contributed by atoms with Crippen LogP contribution in [0.5, 0.6) is 0 Å². The van der Waals surface area contributed by atoms with Gasteiger partial charge in [0.25, 0.3) is 0 Å². The van der Waals surface area contributed by atoms with Crippen molar-refractivity contribution in [1.29, 1.82) is 0 Å². The third-order valence-electron chi connectivity index (χ3n) is 2.77. The molecule has 2 bridgehead atoms. The van der Waals surface area contributed by atoms with Crippen molar-refractivity contribution in [2.75, 3.05) is 0 Å². The van der Waals surface area contributed by atoms with Gasteiger partial charge >= 0.3 is 0 Å². The lowest BCUT2D eigenvalue weighted by atomic mass is 9.83. The van der Waals surface area contributed by atoms with Crippen LogP contribution in [0.25, 0.3) is 0 Å². The van der Waals surface area contributed by atoms with E-state index in [4.69, 9.17) is 0 Å². The molecule has 36 valence electrons. The van der Waals surface area contributed by atoms with E-state index in [1.165, 1.54) is 19.3 Å². The average molecular weight is 92.1 g/mol. The van der Waals surface area contributed by atoms with Crippen LogP contribution in [-0.4, -0.2) is 0 Å². The minimum absolute atomic E-state index is 1.13. The molecule has 0 nitrogen and oxygen atoms in total. The van der Waals surface area contributed by atoms with Crippen LogP contribution in [0.1, 0.15) is 19.3 Å². The van der Waals surface area contributed by atoms with Gasteiger partial charge in [0.2, 0.25) is 0 Å². The van der Waals surface area contributed by atoms with E-state index in [2.05, 4.69) is 0 Å². The molecular weight excluding hydrogens is 84.1 g/mol. The van der Waals surface area contributed by atoms with Crippen molar-refractivity contribution in [3.63, 3.8) is 0 Å². The third-order valence-corrected chi connectivity index (χ3v) is 2.77. The van der Waals surface area contributed by atoms with Crippen molar-refractivity contribution < 1.29 is 0 Å². The summed E-state index contributed by atoms with van der Waals surface area (Å²) < 4.78 is 0. The lowest BCUT2D eigenvalue weighted by molar-refractivity contribution is 0.409. The molecule has 1 atom stereocenters. The molecule has 0 unspecified atom stereocenters. The van der Waals surface area contributed by atoms with E-state index in [9.17, 15) is 0 Å². The molecule has 0 radical (unpaired) electrons. The van der Waals surface area contributed by atoms with Gasteiger partial charge in [-0.3, -0.25) is 0 Å². The first kappa shape index (κ1) is 2.91. The normalized spacial score (nSPS) is 51.4. The molecule has 7 heavy (non-hydrogen) atoms. The second-order valence-corrected chi connectivity index (χ2v) is 3.11. The first-order valence-corrected chi connectivity index (χ1v) is 3.16.